The zero-order valence-electron chi connectivity index (χ0n) is 23.4. The number of benzene rings is 3. The topological polar surface area (TPSA) is 104 Å². The van der Waals surface area contributed by atoms with Crippen LogP contribution in [0.3, 0.4) is 0 Å². The summed E-state index contributed by atoms with van der Waals surface area (Å²) in [4.78, 5) is 41.5. The number of nitrogens with zero attached hydrogens (tertiary/aromatic N) is 1. The average molecular weight is 544 g/mol. The van der Waals surface area contributed by atoms with Crippen LogP contribution in [0, 0.1) is 0 Å². The molecule has 1 unspecified atom stereocenters. The maximum Gasteiger partial charge on any atom is 0.310 e. The number of carbonyl (C=O) groups excluding carboxylic acids is 3. The van der Waals surface area contributed by atoms with Crippen molar-refractivity contribution in [1.29, 1.82) is 0 Å². The van der Waals surface area contributed by atoms with E-state index in [1.54, 1.807) is 12.1 Å². The van der Waals surface area contributed by atoms with E-state index in [2.05, 4.69) is 6.92 Å². The Hall–Kier alpha value is -4.13. The number of ketones is 2. The fraction of sp³-hybridized carbons (Fsp3) is 0.364. The zero-order chi connectivity index (χ0) is 28.8. The van der Waals surface area contributed by atoms with Gasteiger partial charge in [-0.15, -0.1) is 0 Å². The SMILES string of the molecule is CCCCCCCCC(OC(=O)Cc1ccc(N(C)C)cc1)c1cc(O)c2c(c1O)C(=O)c1ccccc1C2=O. The minimum atomic E-state index is -0.893. The van der Waals surface area contributed by atoms with E-state index in [4.69, 9.17) is 4.74 Å². The van der Waals surface area contributed by atoms with Crippen molar-refractivity contribution >= 4 is 23.2 Å². The number of esters is 1. The Morgan fingerprint density at radius 3 is 2.08 bits per heavy atom. The first-order valence-corrected chi connectivity index (χ1v) is 14.0. The lowest BCUT2D eigenvalue weighted by atomic mass is 9.81. The Balaban J connectivity index is 1.62. The van der Waals surface area contributed by atoms with Crippen LogP contribution >= 0.6 is 0 Å². The van der Waals surface area contributed by atoms with E-state index in [0.29, 0.717) is 6.42 Å². The number of fused-ring (bicyclic) bond motifs is 2. The van der Waals surface area contributed by atoms with Crippen LogP contribution in [-0.4, -0.2) is 41.8 Å². The van der Waals surface area contributed by atoms with Gasteiger partial charge in [0.05, 0.1) is 17.5 Å². The molecule has 0 aromatic heterocycles. The number of phenols is 2. The largest absolute Gasteiger partial charge is 0.507 e. The van der Waals surface area contributed by atoms with E-state index < -0.39 is 35.1 Å². The molecule has 40 heavy (non-hydrogen) atoms. The predicted molar refractivity (Wildman–Crippen MR) is 154 cm³/mol. The molecule has 0 saturated heterocycles. The number of ether oxygens (including phenoxy) is 1. The van der Waals surface area contributed by atoms with Gasteiger partial charge in [0.2, 0.25) is 0 Å². The van der Waals surface area contributed by atoms with Gasteiger partial charge in [-0.05, 0) is 36.6 Å². The molecule has 0 bridgehead atoms. The lowest BCUT2D eigenvalue weighted by molar-refractivity contribution is -0.149. The monoisotopic (exact) mass is 543 g/mol. The van der Waals surface area contributed by atoms with Gasteiger partial charge < -0.3 is 19.8 Å². The van der Waals surface area contributed by atoms with Gasteiger partial charge in [0.25, 0.3) is 0 Å². The van der Waals surface area contributed by atoms with Gasteiger partial charge in [0.1, 0.15) is 17.6 Å². The minimum absolute atomic E-state index is 0.0309. The smallest absolute Gasteiger partial charge is 0.310 e. The van der Waals surface area contributed by atoms with Gasteiger partial charge >= 0.3 is 5.97 Å². The normalized spacial score (nSPS) is 13.0. The second kappa shape index (κ2) is 12.8. The third kappa shape index (κ3) is 6.19. The molecule has 3 aromatic rings. The highest BCUT2D eigenvalue weighted by atomic mass is 16.5. The number of carbonyl (C=O) groups is 3. The molecule has 1 aliphatic rings. The molecule has 0 fully saturated rings. The Morgan fingerprint density at radius 2 is 1.45 bits per heavy atom. The van der Waals surface area contributed by atoms with E-state index in [1.165, 1.54) is 18.2 Å². The van der Waals surface area contributed by atoms with Crippen LogP contribution in [0.4, 0.5) is 5.69 Å². The van der Waals surface area contributed by atoms with E-state index in [9.17, 15) is 24.6 Å². The van der Waals surface area contributed by atoms with Crippen molar-refractivity contribution in [3.05, 3.63) is 88.0 Å². The summed E-state index contributed by atoms with van der Waals surface area (Å²) in [7, 11) is 3.88. The van der Waals surface area contributed by atoms with Crippen molar-refractivity contribution in [2.75, 3.05) is 19.0 Å². The summed E-state index contributed by atoms with van der Waals surface area (Å²) in [5.74, 6) is -2.42. The molecule has 210 valence electrons. The fourth-order valence-corrected chi connectivity index (χ4v) is 5.19. The van der Waals surface area contributed by atoms with Gasteiger partial charge in [-0.25, -0.2) is 0 Å². The summed E-state index contributed by atoms with van der Waals surface area (Å²) in [6, 6.07) is 15.2. The van der Waals surface area contributed by atoms with Crippen molar-refractivity contribution in [2.45, 2.75) is 64.4 Å². The van der Waals surface area contributed by atoms with Gasteiger partial charge in [0, 0.05) is 36.5 Å². The van der Waals surface area contributed by atoms with Gasteiger partial charge in [0.15, 0.2) is 11.6 Å². The first-order chi connectivity index (χ1) is 19.2. The maximum absolute atomic E-state index is 13.4. The number of aromatic hydroxyl groups is 2. The van der Waals surface area contributed by atoms with E-state index in [-0.39, 0.29) is 34.2 Å². The summed E-state index contributed by atoms with van der Waals surface area (Å²) >= 11 is 0. The Labute approximate surface area is 235 Å². The maximum atomic E-state index is 13.4. The fourth-order valence-electron chi connectivity index (χ4n) is 5.19. The van der Waals surface area contributed by atoms with E-state index >= 15 is 0 Å². The van der Waals surface area contributed by atoms with Crippen LogP contribution in [0.2, 0.25) is 0 Å². The Bertz CT molecular complexity index is 1390. The van der Waals surface area contributed by atoms with Crippen molar-refractivity contribution in [3.63, 3.8) is 0 Å². The quantitative estimate of drug-likeness (QED) is 0.119. The summed E-state index contributed by atoms with van der Waals surface area (Å²) in [5, 5.41) is 22.2. The summed E-state index contributed by atoms with van der Waals surface area (Å²) in [6.45, 7) is 2.15. The average Bonchev–Trinajstić information content (AvgIpc) is 2.94. The van der Waals surface area contributed by atoms with Crippen molar-refractivity contribution in [1.82, 2.24) is 0 Å². The molecule has 0 radical (unpaired) electrons. The van der Waals surface area contributed by atoms with Crippen LogP contribution in [0.15, 0.2) is 54.6 Å². The van der Waals surface area contributed by atoms with E-state index in [0.717, 1.165) is 49.8 Å². The molecule has 4 rings (SSSR count). The Morgan fingerprint density at radius 1 is 0.850 bits per heavy atom. The van der Waals surface area contributed by atoms with Gasteiger partial charge in [-0.3, -0.25) is 14.4 Å². The van der Waals surface area contributed by atoms with Crippen molar-refractivity contribution in [3.8, 4) is 11.5 Å². The molecular formula is C33H37NO6. The van der Waals surface area contributed by atoms with Crippen LogP contribution in [0.5, 0.6) is 11.5 Å². The van der Waals surface area contributed by atoms with Gasteiger partial charge in [-0.2, -0.15) is 0 Å². The number of rotatable bonds is 12. The molecule has 0 heterocycles. The summed E-state index contributed by atoms with van der Waals surface area (Å²) < 4.78 is 5.89. The van der Waals surface area contributed by atoms with E-state index in [1.807, 2.05) is 43.3 Å². The minimum Gasteiger partial charge on any atom is -0.507 e. The molecular weight excluding hydrogens is 506 g/mol. The third-order valence-electron chi connectivity index (χ3n) is 7.42. The third-order valence-corrected chi connectivity index (χ3v) is 7.42. The molecule has 0 aliphatic heterocycles. The Kier molecular flexibility index (Phi) is 9.25. The first kappa shape index (κ1) is 28.9. The lowest BCUT2D eigenvalue weighted by Gasteiger charge is -2.25. The molecule has 0 spiro atoms. The first-order valence-electron chi connectivity index (χ1n) is 14.0. The highest BCUT2D eigenvalue weighted by Gasteiger charge is 2.37. The number of hydrogen-bond donors (Lipinski definition) is 2. The number of hydrogen-bond acceptors (Lipinski definition) is 7. The lowest BCUT2D eigenvalue weighted by Crippen LogP contribution is -2.22. The second-order valence-electron chi connectivity index (χ2n) is 10.6. The number of anilines is 1. The zero-order valence-corrected chi connectivity index (χ0v) is 23.4. The molecule has 0 amide bonds. The molecule has 1 aliphatic carbocycles. The highest BCUT2D eigenvalue weighted by molar-refractivity contribution is 6.30. The van der Waals surface area contributed by atoms with Crippen molar-refractivity contribution in [2.24, 2.45) is 0 Å². The highest BCUT2D eigenvalue weighted by Crippen LogP contribution is 2.43. The number of phenolic OH excluding ortho intramolecular Hbond substituents is 2. The number of unbranched alkanes of at least 4 members (excludes halogenated alkanes) is 5. The van der Waals surface area contributed by atoms with Gasteiger partial charge in [-0.1, -0.05) is 75.4 Å². The molecule has 2 N–H and O–H groups in total. The van der Waals surface area contributed by atoms with Crippen LogP contribution < -0.4 is 4.90 Å². The molecule has 7 nitrogen and oxygen atoms in total. The summed E-state index contributed by atoms with van der Waals surface area (Å²) in [6.07, 6.45) is 5.63. The molecule has 1 atom stereocenters. The van der Waals surface area contributed by atoms with Crippen LogP contribution in [-0.2, 0) is 16.0 Å². The van der Waals surface area contributed by atoms with Crippen molar-refractivity contribution < 1.29 is 29.3 Å². The van der Waals surface area contributed by atoms with Crippen LogP contribution in [0.1, 0.15) is 101 Å². The standard InChI is InChI=1S/C33H37NO6/c1-4-5-6-7-8-9-14-27(40-28(36)19-21-15-17-22(18-16-21)34(2)3)25-20-26(35)29-30(33(25)39)32(38)24-13-11-10-12-23(24)31(29)37/h10-13,15-18,20,27,35,39H,4-9,14,19H2,1-3H3. The molecule has 7 heteroatoms. The molecule has 0 saturated carbocycles. The summed E-state index contributed by atoms with van der Waals surface area (Å²) in [5.41, 5.74) is 1.78. The molecule has 3 aromatic carbocycles. The second-order valence-corrected chi connectivity index (χ2v) is 10.6. The van der Waals surface area contributed by atoms with Crippen LogP contribution in [0.25, 0.3) is 0 Å². The predicted octanol–water partition coefficient (Wildman–Crippen LogP) is 6.52.